The summed E-state index contributed by atoms with van der Waals surface area (Å²) in [6.45, 7) is 0.457. The van der Waals surface area contributed by atoms with Crippen LogP contribution in [-0.2, 0) is 10.0 Å². The van der Waals surface area contributed by atoms with E-state index in [-0.39, 0.29) is 4.90 Å². The molecule has 0 saturated carbocycles. The van der Waals surface area contributed by atoms with Crippen LogP contribution in [0.5, 0.6) is 17.2 Å². The number of nitrogens with zero attached hydrogens (tertiary/aromatic N) is 1. The summed E-state index contributed by atoms with van der Waals surface area (Å²) in [6, 6.07) is 18.7. The summed E-state index contributed by atoms with van der Waals surface area (Å²) in [6.07, 6.45) is 0. The average molecular weight is 487 g/mol. The fourth-order valence-corrected chi connectivity index (χ4v) is 4.75. The predicted molar refractivity (Wildman–Crippen MR) is 127 cm³/mol. The molecule has 0 atom stereocenters. The van der Waals surface area contributed by atoms with Gasteiger partial charge in [-0.2, -0.15) is 0 Å². The van der Waals surface area contributed by atoms with Crippen LogP contribution >= 0.6 is 11.8 Å². The van der Waals surface area contributed by atoms with Gasteiger partial charge in [0.2, 0.25) is 0 Å². The van der Waals surface area contributed by atoms with Gasteiger partial charge in [0, 0.05) is 5.75 Å². The van der Waals surface area contributed by atoms with Crippen LogP contribution in [0.25, 0.3) is 11.1 Å². The lowest BCUT2D eigenvalue weighted by atomic mass is 10.3. The smallest absolute Gasteiger partial charge is 0.262 e. The molecule has 0 amide bonds. The van der Waals surface area contributed by atoms with Gasteiger partial charge in [-0.15, -0.1) is 0 Å². The van der Waals surface area contributed by atoms with Crippen molar-refractivity contribution in [2.45, 2.75) is 10.1 Å². The second-order valence-corrected chi connectivity index (χ2v) is 9.52. The molecule has 4 aromatic rings. The number of aromatic nitrogens is 1. The highest BCUT2D eigenvalue weighted by Gasteiger charge is 2.18. The zero-order valence-corrected chi connectivity index (χ0v) is 19.6. The number of para-hydroxylation sites is 2. The topological polar surface area (TPSA) is 99.9 Å². The van der Waals surface area contributed by atoms with Crippen LogP contribution in [0.2, 0.25) is 0 Å². The van der Waals surface area contributed by atoms with Crippen LogP contribution in [0.15, 0.2) is 81.3 Å². The number of hydrogen-bond donors (Lipinski definition) is 1. The molecule has 0 spiro atoms. The Morgan fingerprint density at radius 2 is 1.73 bits per heavy atom. The van der Waals surface area contributed by atoms with Gasteiger partial charge >= 0.3 is 0 Å². The van der Waals surface area contributed by atoms with Gasteiger partial charge in [-0.3, -0.25) is 4.72 Å². The van der Waals surface area contributed by atoms with E-state index in [0.29, 0.717) is 40.1 Å². The van der Waals surface area contributed by atoms with Crippen molar-refractivity contribution < 1.29 is 27.0 Å². The Hall–Kier alpha value is -3.37. The fourth-order valence-electron chi connectivity index (χ4n) is 3.01. The van der Waals surface area contributed by atoms with E-state index in [1.54, 1.807) is 37.4 Å². The van der Waals surface area contributed by atoms with Crippen LogP contribution in [-0.4, -0.2) is 40.0 Å². The van der Waals surface area contributed by atoms with E-state index in [0.717, 1.165) is 11.5 Å². The Morgan fingerprint density at radius 3 is 2.48 bits per heavy atom. The number of rotatable bonds is 10. The molecule has 0 radical (unpaired) electrons. The molecule has 0 bridgehead atoms. The molecule has 0 aliphatic carbocycles. The van der Waals surface area contributed by atoms with E-state index in [4.69, 9.17) is 18.6 Å². The first kappa shape index (κ1) is 22.8. The first-order valence-corrected chi connectivity index (χ1v) is 12.4. The standard InChI is InChI=1S/C23H22N2O6S2/c1-28-16-7-9-17(10-8-16)30-13-14-32-23-24-20-15-18(11-12-22(20)31-23)33(26,27)25-19-5-3-4-6-21(19)29-2/h3-12,15,25H,13-14H2,1-2H3. The fraction of sp³-hybridized carbons (Fsp3) is 0.174. The second-order valence-electron chi connectivity index (χ2n) is 6.79. The summed E-state index contributed by atoms with van der Waals surface area (Å²) in [5.74, 6) is 2.55. The van der Waals surface area contributed by atoms with Crippen molar-refractivity contribution >= 4 is 38.6 Å². The highest BCUT2D eigenvalue weighted by atomic mass is 32.2. The largest absolute Gasteiger partial charge is 0.497 e. The highest BCUT2D eigenvalue weighted by Crippen LogP contribution is 2.29. The summed E-state index contributed by atoms with van der Waals surface area (Å²) in [5.41, 5.74) is 1.31. The Labute approximate surface area is 195 Å². The quantitative estimate of drug-likeness (QED) is 0.252. The van der Waals surface area contributed by atoms with Gasteiger partial charge < -0.3 is 18.6 Å². The van der Waals surface area contributed by atoms with Crippen LogP contribution in [0.1, 0.15) is 0 Å². The summed E-state index contributed by atoms with van der Waals surface area (Å²) in [5, 5.41) is 0.440. The number of hydrogen-bond acceptors (Lipinski definition) is 8. The summed E-state index contributed by atoms with van der Waals surface area (Å²) in [4.78, 5) is 4.48. The third kappa shape index (κ3) is 5.52. The van der Waals surface area contributed by atoms with E-state index >= 15 is 0 Å². The van der Waals surface area contributed by atoms with E-state index < -0.39 is 10.0 Å². The first-order valence-electron chi connectivity index (χ1n) is 9.94. The average Bonchev–Trinajstić information content (AvgIpc) is 3.24. The van der Waals surface area contributed by atoms with Crippen molar-refractivity contribution in [3.8, 4) is 17.2 Å². The van der Waals surface area contributed by atoms with Crippen molar-refractivity contribution in [3.05, 3.63) is 66.7 Å². The number of nitrogens with one attached hydrogen (secondary N) is 1. The van der Waals surface area contributed by atoms with Gasteiger partial charge in [-0.25, -0.2) is 13.4 Å². The monoisotopic (exact) mass is 486 g/mol. The lowest BCUT2D eigenvalue weighted by Gasteiger charge is -2.11. The number of ether oxygens (including phenoxy) is 3. The molecule has 33 heavy (non-hydrogen) atoms. The number of sulfonamides is 1. The molecular formula is C23H22N2O6S2. The maximum absolute atomic E-state index is 12.9. The zero-order chi connectivity index (χ0) is 23.3. The van der Waals surface area contributed by atoms with Crippen molar-refractivity contribution in [2.24, 2.45) is 0 Å². The molecule has 0 unspecified atom stereocenters. The number of oxazole rings is 1. The summed E-state index contributed by atoms with van der Waals surface area (Å²) >= 11 is 1.38. The molecule has 1 aromatic heterocycles. The van der Waals surface area contributed by atoms with Gasteiger partial charge in [0.1, 0.15) is 22.8 Å². The van der Waals surface area contributed by atoms with Gasteiger partial charge in [0.05, 0.1) is 31.4 Å². The third-order valence-electron chi connectivity index (χ3n) is 4.64. The lowest BCUT2D eigenvalue weighted by molar-refractivity contribution is 0.342. The Kier molecular flexibility index (Phi) is 6.95. The maximum atomic E-state index is 12.9. The molecule has 172 valence electrons. The molecule has 3 aromatic carbocycles. The molecule has 4 rings (SSSR count). The van der Waals surface area contributed by atoms with E-state index in [1.165, 1.54) is 31.0 Å². The predicted octanol–water partition coefficient (Wildman–Crippen LogP) is 4.82. The second kappa shape index (κ2) is 10.1. The number of benzene rings is 3. The number of fused-ring (bicyclic) bond motifs is 1. The Balaban J connectivity index is 1.40. The molecule has 0 fully saturated rings. The highest BCUT2D eigenvalue weighted by molar-refractivity contribution is 7.99. The van der Waals surface area contributed by atoms with E-state index in [9.17, 15) is 8.42 Å². The lowest BCUT2D eigenvalue weighted by Crippen LogP contribution is -2.13. The summed E-state index contributed by atoms with van der Waals surface area (Å²) < 4.78 is 50.0. The Morgan fingerprint density at radius 1 is 0.970 bits per heavy atom. The van der Waals surface area contributed by atoms with Crippen molar-refractivity contribution in [1.29, 1.82) is 0 Å². The van der Waals surface area contributed by atoms with Crippen LogP contribution in [0.3, 0.4) is 0 Å². The molecule has 8 nitrogen and oxygen atoms in total. The third-order valence-corrected chi connectivity index (χ3v) is 6.79. The van der Waals surface area contributed by atoms with Crippen LogP contribution in [0.4, 0.5) is 5.69 Å². The van der Waals surface area contributed by atoms with Crippen LogP contribution in [0, 0.1) is 0 Å². The molecule has 0 saturated heterocycles. The van der Waals surface area contributed by atoms with Gasteiger partial charge in [-0.05, 0) is 54.6 Å². The molecule has 0 aliphatic heterocycles. The number of thioether (sulfide) groups is 1. The van der Waals surface area contributed by atoms with Gasteiger partial charge in [0.25, 0.3) is 15.2 Å². The normalized spacial score (nSPS) is 11.3. The molecule has 1 N–H and O–H groups in total. The minimum atomic E-state index is -3.83. The minimum absolute atomic E-state index is 0.0774. The molecule has 1 heterocycles. The minimum Gasteiger partial charge on any atom is -0.497 e. The SMILES string of the molecule is COc1ccc(OCCSc2nc3cc(S(=O)(=O)Nc4ccccc4OC)ccc3o2)cc1. The van der Waals surface area contributed by atoms with Crippen molar-refractivity contribution in [3.63, 3.8) is 0 Å². The van der Waals surface area contributed by atoms with Gasteiger partial charge in [-0.1, -0.05) is 23.9 Å². The zero-order valence-electron chi connectivity index (χ0n) is 18.0. The van der Waals surface area contributed by atoms with Crippen molar-refractivity contribution in [1.82, 2.24) is 4.98 Å². The first-order chi connectivity index (χ1) is 16.0. The van der Waals surface area contributed by atoms with E-state index in [2.05, 4.69) is 9.71 Å². The number of methoxy groups -OCH3 is 2. The Bertz CT molecular complexity index is 1340. The number of anilines is 1. The summed E-state index contributed by atoms with van der Waals surface area (Å²) in [7, 11) is -0.737. The molecular weight excluding hydrogens is 464 g/mol. The van der Waals surface area contributed by atoms with Crippen LogP contribution < -0.4 is 18.9 Å². The van der Waals surface area contributed by atoms with Crippen molar-refractivity contribution in [2.75, 3.05) is 31.3 Å². The molecule has 10 heteroatoms. The van der Waals surface area contributed by atoms with E-state index in [1.807, 2.05) is 24.3 Å². The van der Waals surface area contributed by atoms with Gasteiger partial charge in [0.15, 0.2) is 5.58 Å². The maximum Gasteiger partial charge on any atom is 0.262 e. The molecule has 0 aliphatic rings.